The minimum Gasteiger partial charge on any atom is -0.421 e. The van der Waals surface area contributed by atoms with Crippen LogP contribution in [-0.4, -0.2) is 23.6 Å². The number of esters is 2. The van der Waals surface area contributed by atoms with Gasteiger partial charge in [-0.2, -0.15) is 0 Å². The second-order valence-electron chi connectivity index (χ2n) is 9.36. The van der Waals surface area contributed by atoms with Crippen LogP contribution in [0.25, 0.3) is 0 Å². The van der Waals surface area contributed by atoms with Gasteiger partial charge in [0.05, 0.1) is 0 Å². The minimum atomic E-state index is -0.958. The van der Waals surface area contributed by atoms with Gasteiger partial charge in [-0.25, -0.2) is 0 Å². The van der Waals surface area contributed by atoms with Crippen LogP contribution in [0.5, 0.6) is 0 Å². The number of rotatable bonds is 24. The highest BCUT2D eigenvalue weighted by Crippen LogP contribution is 2.15. The van der Waals surface area contributed by atoms with Crippen LogP contribution in [0.15, 0.2) is 12.2 Å². The van der Waals surface area contributed by atoms with E-state index < -0.39 is 6.29 Å². The third-order valence-electron chi connectivity index (χ3n) is 5.88. The van der Waals surface area contributed by atoms with E-state index in [9.17, 15) is 9.59 Å². The summed E-state index contributed by atoms with van der Waals surface area (Å²) in [5.41, 5.74) is 0.541. The average Bonchev–Trinajstić information content (AvgIpc) is 2.78. The molecule has 0 aliphatic carbocycles. The van der Waals surface area contributed by atoms with Crippen molar-refractivity contribution in [3.8, 4) is 0 Å². The van der Waals surface area contributed by atoms with Crippen molar-refractivity contribution in [1.29, 1.82) is 0 Å². The number of alkyl halides is 1. The average molecular weight is 532 g/mol. The van der Waals surface area contributed by atoms with Crippen LogP contribution in [0.4, 0.5) is 0 Å². The Balaban J connectivity index is 3.72. The molecule has 0 aromatic carbocycles. The Morgan fingerprint density at radius 3 is 1.30 bits per heavy atom. The summed E-state index contributed by atoms with van der Waals surface area (Å²) < 4.78 is 10.7. The predicted molar refractivity (Wildman–Crippen MR) is 143 cm³/mol. The molecule has 0 aliphatic heterocycles. The lowest BCUT2D eigenvalue weighted by molar-refractivity contribution is -0.181. The molecule has 5 heteroatoms. The first-order chi connectivity index (χ1) is 16.0. The molecular weight excluding hydrogens is 480 g/mol. The van der Waals surface area contributed by atoms with Gasteiger partial charge >= 0.3 is 11.9 Å². The van der Waals surface area contributed by atoms with Crippen LogP contribution in [0.2, 0.25) is 0 Å². The third-order valence-corrected chi connectivity index (χ3v) is 6.44. The zero-order chi connectivity index (χ0) is 24.6. The fourth-order valence-electron chi connectivity index (χ4n) is 3.76. The number of ether oxygens (including phenoxy) is 2. The summed E-state index contributed by atoms with van der Waals surface area (Å²) in [4.78, 5) is 24.2. The Hall–Kier alpha value is -0.840. The Labute approximate surface area is 212 Å². The lowest BCUT2D eigenvalue weighted by atomic mass is 10.0. The Morgan fingerprint density at radius 1 is 0.636 bits per heavy atom. The highest BCUT2D eigenvalue weighted by Gasteiger charge is 2.19. The number of carbonyl (C=O) groups excluding carboxylic acids is 2. The van der Waals surface area contributed by atoms with Gasteiger partial charge in [-0.05, 0) is 26.2 Å². The Kier molecular flexibility index (Phi) is 23.7. The van der Waals surface area contributed by atoms with Gasteiger partial charge in [0.25, 0.3) is 6.29 Å². The first kappa shape index (κ1) is 32.2. The maximum absolute atomic E-state index is 12.1. The summed E-state index contributed by atoms with van der Waals surface area (Å²) in [5.74, 6) is -0.633. The van der Waals surface area contributed by atoms with E-state index in [0.717, 1.165) is 43.9 Å². The zero-order valence-electron chi connectivity index (χ0n) is 21.6. The molecule has 0 N–H and O–H groups in total. The van der Waals surface area contributed by atoms with Crippen LogP contribution in [0.1, 0.15) is 142 Å². The fourth-order valence-corrected chi connectivity index (χ4v) is 4.16. The van der Waals surface area contributed by atoms with E-state index in [0.29, 0.717) is 18.4 Å². The van der Waals surface area contributed by atoms with Crippen molar-refractivity contribution in [2.45, 2.75) is 149 Å². The molecule has 0 heterocycles. The zero-order valence-corrected chi connectivity index (χ0v) is 23.2. The van der Waals surface area contributed by atoms with Gasteiger partial charge in [0.2, 0.25) is 0 Å². The highest BCUT2D eigenvalue weighted by atomic mass is 79.9. The molecule has 194 valence electrons. The van der Waals surface area contributed by atoms with Gasteiger partial charge in [-0.15, -0.1) is 0 Å². The molecule has 0 amide bonds. The summed E-state index contributed by atoms with van der Waals surface area (Å²) in [7, 11) is 0. The molecule has 0 saturated carbocycles. The quantitative estimate of drug-likeness (QED) is 0.0410. The van der Waals surface area contributed by atoms with Crippen molar-refractivity contribution >= 4 is 27.9 Å². The summed E-state index contributed by atoms with van der Waals surface area (Å²) in [5, 5.41) is 1.03. The largest absolute Gasteiger partial charge is 0.421 e. The molecule has 1 unspecified atom stereocenters. The van der Waals surface area contributed by atoms with Crippen molar-refractivity contribution < 1.29 is 19.1 Å². The van der Waals surface area contributed by atoms with E-state index >= 15 is 0 Å². The number of unbranched alkanes of at least 4 members (excludes halogenated alkanes) is 16. The molecule has 4 nitrogen and oxygen atoms in total. The standard InChI is InChI=1S/C28H51BrO4/c1-4-5-6-7-8-9-10-11-12-13-14-16-19-22-26(30)32-28(25(2)3)33-27(31)23-20-17-15-18-21-24-29/h28H,2,4-24H2,1,3H3. The van der Waals surface area contributed by atoms with E-state index in [-0.39, 0.29) is 11.9 Å². The van der Waals surface area contributed by atoms with Gasteiger partial charge in [-0.3, -0.25) is 9.59 Å². The Morgan fingerprint density at radius 2 is 0.970 bits per heavy atom. The van der Waals surface area contributed by atoms with Gasteiger partial charge in [0.1, 0.15) is 0 Å². The maximum atomic E-state index is 12.1. The maximum Gasteiger partial charge on any atom is 0.309 e. The highest BCUT2D eigenvalue weighted by molar-refractivity contribution is 9.09. The van der Waals surface area contributed by atoms with Crippen molar-refractivity contribution in [2.75, 3.05) is 5.33 Å². The number of hydrogen-bond donors (Lipinski definition) is 0. The van der Waals surface area contributed by atoms with Crippen LogP contribution >= 0.6 is 15.9 Å². The molecule has 0 fully saturated rings. The second kappa shape index (κ2) is 24.3. The van der Waals surface area contributed by atoms with Gasteiger partial charge in [-0.1, -0.05) is 126 Å². The van der Waals surface area contributed by atoms with E-state index in [4.69, 9.17) is 9.47 Å². The molecule has 0 spiro atoms. The van der Waals surface area contributed by atoms with E-state index in [1.165, 1.54) is 77.0 Å². The summed E-state index contributed by atoms with van der Waals surface area (Å²) in [6.45, 7) is 7.78. The van der Waals surface area contributed by atoms with Crippen molar-refractivity contribution in [2.24, 2.45) is 0 Å². The normalized spacial score (nSPS) is 11.8. The SMILES string of the molecule is C=C(C)C(OC(=O)CCCCCCCBr)OC(=O)CCCCCCCCCCCCCCC. The number of halogens is 1. The molecule has 33 heavy (non-hydrogen) atoms. The number of hydrogen-bond acceptors (Lipinski definition) is 4. The minimum absolute atomic E-state index is 0.311. The van der Waals surface area contributed by atoms with Gasteiger partial charge in [0.15, 0.2) is 0 Å². The van der Waals surface area contributed by atoms with Crippen molar-refractivity contribution in [3.63, 3.8) is 0 Å². The molecule has 1 atom stereocenters. The van der Waals surface area contributed by atoms with Crippen LogP contribution in [0, 0.1) is 0 Å². The predicted octanol–water partition coefficient (Wildman–Crippen LogP) is 9.19. The lowest BCUT2D eigenvalue weighted by Gasteiger charge is -2.18. The molecule has 0 aromatic heterocycles. The molecule has 0 radical (unpaired) electrons. The molecule has 0 rings (SSSR count). The molecule has 0 saturated heterocycles. The molecule has 0 aliphatic rings. The van der Waals surface area contributed by atoms with Crippen LogP contribution < -0.4 is 0 Å². The molecule has 0 bridgehead atoms. The first-order valence-electron chi connectivity index (χ1n) is 13.6. The topological polar surface area (TPSA) is 52.6 Å². The van der Waals surface area contributed by atoms with E-state index in [1.807, 2.05) is 0 Å². The monoisotopic (exact) mass is 530 g/mol. The Bertz CT molecular complexity index is 492. The van der Waals surface area contributed by atoms with Gasteiger partial charge in [0, 0.05) is 23.7 Å². The molecular formula is C28H51BrO4. The number of carbonyl (C=O) groups is 2. The van der Waals surface area contributed by atoms with Crippen molar-refractivity contribution in [1.82, 2.24) is 0 Å². The van der Waals surface area contributed by atoms with E-state index in [1.54, 1.807) is 6.92 Å². The second-order valence-corrected chi connectivity index (χ2v) is 10.2. The smallest absolute Gasteiger partial charge is 0.309 e. The first-order valence-corrected chi connectivity index (χ1v) is 14.7. The molecule has 0 aromatic rings. The fraction of sp³-hybridized carbons (Fsp3) is 0.857. The van der Waals surface area contributed by atoms with Crippen LogP contribution in [-0.2, 0) is 19.1 Å². The summed E-state index contributed by atoms with van der Waals surface area (Å²) >= 11 is 3.42. The van der Waals surface area contributed by atoms with E-state index in [2.05, 4.69) is 29.4 Å². The van der Waals surface area contributed by atoms with Crippen molar-refractivity contribution in [3.05, 3.63) is 12.2 Å². The lowest BCUT2D eigenvalue weighted by Crippen LogP contribution is -2.25. The van der Waals surface area contributed by atoms with Crippen LogP contribution in [0.3, 0.4) is 0 Å². The summed E-state index contributed by atoms with van der Waals surface area (Å²) in [6, 6.07) is 0. The van der Waals surface area contributed by atoms with Gasteiger partial charge < -0.3 is 9.47 Å². The third kappa shape index (κ3) is 22.7. The summed E-state index contributed by atoms with van der Waals surface area (Å²) in [6.07, 6.45) is 21.5.